The van der Waals surface area contributed by atoms with Crippen molar-refractivity contribution in [1.82, 2.24) is 29.9 Å². The van der Waals surface area contributed by atoms with Gasteiger partial charge in [0, 0.05) is 24.1 Å². The van der Waals surface area contributed by atoms with E-state index in [2.05, 4.69) is 75.5 Å². The number of anilines is 2. The van der Waals surface area contributed by atoms with E-state index >= 15 is 0 Å². The first-order valence-corrected chi connectivity index (χ1v) is 14.5. The SMILES string of the molecule is CC1CCCCN1c1nnc2ccc(O[C@@H]3CC[C@H](NC(=O)Nc4cc(C(C)(C)C)ncn4)c4ccccc43)cn12. The fourth-order valence-electron chi connectivity index (χ4n) is 5.85. The lowest BCUT2D eigenvalue weighted by Gasteiger charge is -2.33. The average Bonchev–Trinajstić information content (AvgIpc) is 3.37. The summed E-state index contributed by atoms with van der Waals surface area (Å²) < 4.78 is 8.62. The first-order chi connectivity index (χ1) is 19.8. The molecule has 4 aromatic rings. The number of hydrogen-bond acceptors (Lipinski definition) is 7. The molecule has 0 bridgehead atoms. The van der Waals surface area contributed by atoms with Crippen molar-refractivity contribution in [3.05, 3.63) is 71.8 Å². The lowest BCUT2D eigenvalue weighted by Crippen LogP contribution is -2.38. The molecule has 10 heteroatoms. The molecule has 1 aromatic carbocycles. The minimum absolute atomic E-state index is 0.130. The van der Waals surface area contributed by atoms with E-state index in [0.29, 0.717) is 11.9 Å². The van der Waals surface area contributed by atoms with Crippen molar-refractivity contribution in [2.45, 2.75) is 83.4 Å². The van der Waals surface area contributed by atoms with Gasteiger partial charge < -0.3 is 15.0 Å². The number of carbonyl (C=O) groups is 1. The van der Waals surface area contributed by atoms with Gasteiger partial charge in [-0.25, -0.2) is 14.8 Å². The van der Waals surface area contributed by atoms with Gasteiger partial charge in [0.05, 0.1) is 17.9 Å². The quantitative estimate of drug-likeness (QED) is 0.313. The number of rotatable bonds is 5. The monoisotopic (exact) mass is 554 g/mol. The zero-order valence-electron chi connectivity index (χ0n) is 24.2. The van der Waals surface area contributed by atoms with Crippen molar-refractivity contribution in [1.29, 1.82) is 0 Å². The van der Waals surface area contributed by atoms with Crippen molar-refractivity contribution in [2.75, 3.05) is 16.8 Å². The molecule has 3 aromatic heterocycles. The summed E-state index contributed by atoms with van der Waals surface area (Å²) >= 11 is 0. The minimum atomic E-state index is -0.291. The molecule has 10 nitrogen and oxygen atoms in total. The highest BCUT2D eigenvalue weighted by Gasteiger charge is 2.30. The Kier molecular flexibility index (Phi) is 7.23. The van der Waals surface area contributed by atoms with Crippen LogP contribution in [0, 0.1) is 0 Å². The third-order valence-electron chi connectivity index (χ3n) is 8.11. The van der Waals surface area contributed by atoms with Crippen LogP contribution >= 0.6 is 0 Å². The van der Waals surface area contributed by atoms with Crippen LogP contribution in [0.2, 0.25) is 0 Å². The van der Waals surface area contributed by atoms with Crippen molar-refractivity contribution in [2.24, 2.45) is 0 Å². The van der Waals surface area contributed by atoms with E-state index in [1.807, 2.05) is 40.9 Å². The second kappa shape index (κ2) is 11.0. The molecule has 214 valence electrons. The number of nitrogens with one attached hydrogen (secondary N) is 2. The number of hydrogen-bond donors (Lipinski definition) is 2. The summed E-state index contributed by atoms with van der Waals surface area (Å²) in [5.41, 5.74) is 3.68. The van der Waals surface area contributed by atoms with Gasteiger partial charge in [-0.15, -0.1) is 10.2 Å². The van der Waals surface area contributed by atoms with Crippen LogP contribution in [0.4, 0.5) is 16.6 Å². The predicted molar refractivity (Wildman–Crippen MR) is 158 cm³/mol. The Morgan fingerprint density at radius 1 is 1.00 bits per heavy atom. The summed E-state index contributed by atoms with van der Waals surface area (Å²) in [7, 11) is 0. The molecule has 1 aliphatic heterocycles. The van der Waals surface area contributed by atoms with Gasteiger partial charge in [-0.1, -0.05) is 45.0 Å². The van der Waals surface area contributed by atoms with Gasteiger partial charge >= 0.3 is 6.03 Å². The molecule has 2 N–H and O–H groups in total. The first kappa shape index (κ1) is 27.0. The second-order valence-corrected chi connectivity index (χ2v) is 12.1. The molecule has 1 aliphatic carbocycles. The van der Waals surface area contributed by atoms with Gasteiger partial charge in [-0.3, -0.25) is 9.72 Å². The maximum absolute atomic E-state index is 13.0. The number of piperidine rings is 1. The van der Waals surface area contributed by atoms with Crippen LogP contribution in [-0.2, 0) is 5.41 Å². The topological polar surface area (TPSA) is 110 Å². The number of ether oxygens (including phenoxy) is 1. The van der Waals surface area contributed by atoms with Gasteiger partial charge in [0.15, 0.2) is 5.65 Å². The molecule has 0 saturated carbocycles. The van der Waals surface area contributed by atoms with Gasteiger partial charge in [-0.2, -0.15) is 0 Å². The molecule has 6 rings (SSSR count). The second-order valence-electron chi connectivity index (χ2n) is 12.1. The lowest BCUT2D eigenvalue weighted by atomic mass is 9.85. The Labute approximate surface area is 240 Å². The Bertz CT molecular complexity index is 1540. The van der Waals surface area contributed by atoms with Crippen molar-refractivity contribution in [3.63, 3.8) is 0 Å². The molecule has 2 amide bonds. The Morgan fingerprint density at radius 3 is 2.63 bits per heavy atom. The molecule has 1 saturated heterocycles. The molecule has 1 fully saturated rings. The zero-order chi connectivity index (χ0) is 28.6. The maximum atomic E-state index is 13.0. The smallest absolute Gasteiger partial charge is 0.320 e. The van der Waals surface area contributed by atoms with E-state index in [1.54, 1.807) is 0 Å². The molecular weight excluding hydrogens is 516 g/mol. The summed E-state index contributed by atoms with van der Waals surface area (Å²) in [6.07, 6.45) is 8.45. The Hall–Kier alpha value is -4.21. The van der Waals surface area contributed by atoms with E-state index in [0.717, 1.165) is 60.0 Å². The molecule has 3 atom stereocenters. The normalized spacial score (nSPS) is 20.9. The molecule has 2 aliphatic rings. The van der Waals surface area contributed by atoms with Crippen LogP contribution in [0.1, 0.15) is 88.8 Å². The maximum Gasteiger partial charge on any atom is 0.320 e. The number of benzene rings is 1. The lowest BCUT2D eigenvalue weighted by molar-refractivity contribution is 0.171. The van der Waals surface area contributed by atoms with E-state index in [1.165, 1.54) is 19.2 Å². The van der Waals surface area contributed by atoms with Crippen LogP contribution in [-0.4, -0.2) is 43.2 Å². The number of amides is 2. The summed E-state index contributed by atoms with van der Waals surface area (Å²) in [5, 5.41) is 14.9. The van der Waals surface area contributed by atoms with Crippen molar-refractivity contribution in [3.8, 4) is 5.75 Å². The van der Waals surface area contributed by atoms with Crippen LogP contribution in [0.15, 0.2) is 55.0 Å². The standard InChI is InChI=1S/C31H38N8O2/c1-20-9-7-8-16-38(20)30-37-36-28-15-12-21(18-39(28)30)41-25-14-13-24(22-10-5-6-11-23(22)25)34-29(40)35-27-17-26(31(2,3)4)32-19-33-27/h5-6,10-12,15,17-20,24-25H,7-9,13-14,16H2,1-4H3,(H2,32,33,34,35,40)/t20?,24-,25+/m0/s1. The van der Waals surface area contributed by atoms with Gasteiger partial charge in [0.1, 0.15) is 24.0 Å². The van der Waals surface area contributed by atoms with E-state index in [-0.39, 0.29) is 23.6 Å². The summed E-state index contributed by atoms with van der Waals surface area (Å²) in [4.78, 5) is 23.9. The van der Waals surface area contributed by atoms with Crippen molar-refractivity contribution < 1.29 is 9.53 Å². The third-order valence-corrected chi connectivity index (χ3v) is 8.11. The van der Waals surface area contributed by atoms with Crippen LogP contribution in [0.25, 0.3) is 5.65 Å². The predicted octanol–water partition coefficient (Wildman–Crippen LogP) is 5.97. The highest BCUT2D eigenvalue weighted by molar-refractivity contribution is 5.88. The van der Waals surface area contributed by atoms with Gasteiger partial charge in [0.2, 0.25) is 5.95 Å². The molecule has 41 heavy (non-hydrogen) atoms. The minimum Gasteiger partial charge on any atom is -0.484 e. The number of pyridine rings is 1. The highest BCUT2D eigenvalue weighted by Crippen LogP contribution is 2.39. The molecule has 0 spiro atoms. The third kappa shape index (κ3) is 5.68. The Morgan fingerprint density at radius 2 is 1.83 bits per heavy atom. The van der Waals surface area contributed by atoms with E-state index in [9.17, 15) is 4.79 Å². The van der Waals surface area contributed by atoms with E-state index in [4.69, 9.17) is 4.74 Å². The molecule has 1 unspecified atom stereocenters. The van der Waals surface area contributed by atoms with Crippen molar-refractivity contribution >= 4 is 23.4 Å². The summed E-state index contributed by atoms with van der Waals surface area (Å²) in [5.74, 6) is 2.12. The molecule has 4 heterocycles. The number of nitrogens with zero attached hydrogens (tertiary/aromatic N) is 6. The fraction of sp³-hybridized carbons (Fsp3) is 0.452. The number of carbonyl (C=O) groups excluding carboxylic acids is 1. The van der Waals surface area contributed by atoms with Crippen LogP contribution in [0.5, 0.6) is 5.75 Å². The summed E-state index contributed by atoms with van der Waals surface area (Å²) in [6, 6.07) is 13.9. The number of urea groups is 1. The fourth-order valence-corrected chi connectivity index (χ4v) is 5.85. The molecular formula is C31H38N8O2. The molecule has 0 radical (unpaired) electrons. The van der Waals surface area contributed by atoms with E-state index < -0.39 is 0 Å². The highest BCUT2D eigenvalue weighted by atomic mass is 16.5. The van der Waals surface area contributed by atoms with Gasteiger partial charge in [-0.05, 0) is 62.3 Å². The average molecular weight is 555 g/mol. The Balaban J connectivity index is 1.17. The number of fused-ring (bicyclic) bond motifs is 2. The first-order valence-electron chi connectivity index (χ1n) is 14.5. The van der Waals surface area contributed by atoms with Gasteiger partial charge in [0.25, 0.3) is 0 Å². The zero-order valence-corrected chi connectivity index (χ0v) is 24.2. The van der Waals surface area contributed by atoms with Crippen LogP contribution < -0.4 is 20.3 Å². The number of aromatic nitrogens is 5. The summed E-state index contributed by atoms with van der Waals surface area (Å²) in [6.45, 7) is 9.47. The largest absolute Gasteiger partial charge is 0.484 e. The van der Waals surface area contributed by atoms with Crippen LogP contribution in [0.3, 0.4) is 0 Å².